The Kier molecular flexibility index (Phi) is 4.80. The Bertz CT molecular complexity index is 500. The van der Waals surface area contributed by atoms with Gasteiger partial charge in [0.25, 0.3) is 0 Å². The van der Waals surface area contributed by atoms with Crippen LogP contribution >= 0.6 is 0 Å². The van der Waals surface area contributed by atoms with Gasteiger partial charge in [-0.2, -0.15) is 0 Å². The molecule has 1 saturated carbocycles. The molecule has 3 rings (SSSR count). The lowest BCUT2D eigenvalue weighted by Crippen LogP contribution is -2.20. The first kappa shape index (κ1) is 14.8. The van der Waals surface area contributed by atoms with Crippen LogP contribution in [0.2, 0.25) is 0 Å². The van der Waals surface area contributed by atoms with Crippen LogP contribution in [0.15, 0.2) is 30.3 Å². The molecule has 21 heavy (non-hydrogen) atoms. The van der Waals surface area contributed by atoms with Gasteiger partial charge >= 0.3 is 0 Å². The summed E-state index contributed by atoms with van der Waals surface area (Å²) in [5.74, 6) is 1.75. The zero-order valence-corrected chi connectivity index (χ0v) is 13.6. The predicted octanol–water partition coefficient (Wildman–Crippen LogP) is 4.77. The van der Waals surface area contributed by atoms with Crippen molar-refractivity contribution in [3.05, 3.63) is 41.5 Å². The van der Waals surface area contributed by atoms with Gasteiger partial charge in [0.1, 0.15) is 0 Å². The molecule has 0 spiro atoms. The molecule has 1 heteroatoms. The van der Waals surface area contributed by atoms with Crippen molar-refractivity contribution in [1.29, 1.82) is 0 Å². The third kappa shape index (κ3) is 3.40. The molecule has 0 N–H and O–H groups in total. The summed E-state index contributed by atoms with van der Waals surface area (Å²) in [4.78, 5) is 2.29. The standard InChI is InChI=1S/C20H29N/c1-21(2)15-7-12-20-18-10-5-3-8-16(18)13-14-17-9-4-6-11-19(17)20/h3,5,8,10,12,17,19H,4,6-7,9,11,13-15H2,1-2H3/b20-12-/t17-,19+/m0/s1. The Labute approximate surface area is 130 Å². The molecule has 1 nitrogen and oxygen atoms in total. The summed E-state index contributed by atoms with van der Waals surface area (Å²) in [7, 11) is 4.34. The Morgan fingerprint density at radius 3 is 2.76 bits per heavy atom. The lowest BCUT2D eigenvalue weighted by molar-refractivity contribution is 0.280. The lowest BCUT2D eigenvalue weighted by atomic mass is 9.73. The highest BCUT2D eigenvalue weighted by Gasteiger charge is 2.31. The average molecular weight is 283 g/mol. The Balaban J connectivity index is 1.92. The van der Waals surface area contributed by atoms with Crippen LogP contribution in [0.25, 0.3) is 5.57 Å². The fourth-order valence-corrected chi connectivity index (χ4v) is 4.26. The van der Waals surface area contributed by atoms with Crippen molar-refractivity contribution >= 4 is 5.57 Å². The highest BCUT2D eigenvalue weighted by Crippen LogP contribution is 2.45. The second kappa shape index (κ2) is 6.79. The first-order chi connectivity index (χ1) is 10.3. The number of nitrogens with zero attached hydrogens (tertiary/aromatic N) is 1. The minimum absolute atomic E-state index is 0.824. The van der Waals surface area contributed by atoms with Crippen LogP contribution in [0.4, 0.5) is 0 Å². The van der Waals surface area contributed by atoms with Crippen molar-refractivity contribution in [3.8, 4) is 0 Å². The van der Waals surface area contributed by atoms with Gasteiger partial charge < -0.3 is 4.90 Å². The first-order valence-corrected chi connectivity index (χ1v) is 8.69. The van der Waals surface area contributed by atoms with Crippen molar-refractivity contribution in [2.75, 3.05) is 20.6 Å². The summed E-state index contributed by atoms with van der Waals surface area (Å²) < 4.78 is 0. The smallest absolute Gasteiger partial charge is 0.00100 e. The second-order valence-electron chi connectivity index (χ2n) is 7.10. The number of aryl methyl sites for hydroxylation is 1. The molecule has 2 atom stereocenters. The monoisotopic (exact) mass is 283 g/mol. The van der Waals surface area contributed by atoms with Crippen molar-refractivity contribution in [2.24, 2.45) is 11.8 Å². The molecule has 114 valence electrons. The SMILES string of the molecule is CN(C)CC/C=C1/c2ccccc2CC[C@@H]2CCCC[C@@H]12. The molecule has 0 heterocycles. The van der Waals surface area contributed by atoms with Crippen LogP contribution < -0.4 is 0 Å². The maximum absolute atomic E-state index is 2.56. The molecule has 2 aliphatic rings. The van der Waals surface area contributed by atoms with Gasteiger partial charge in [-0.15, -0.1) is 0 Å². The zero-order valence-electron chi connectivity index (χ0n) is 13.6. The maximum atomic E-state index is 2.56. The van der Waals surface area contributed by atoms with E-state index in [1.807, 2.05) is 0 Å². The van der Waals surface area contributed by atoms with E-state index in [0.717, 1.165) is 18.4 Å². The van der Waals surface area contributed by atoms with Gasteiger partial charge in [-0.1, -0.05) is 43.2 Å². The zero-order chi connectivity index (χ0) is 14.7. The number of benzene rings is 1. The van der Waals surface area contributed by atoms with Crippen LogP contribution in [-0.2, 0) is 6.42 Å². The van der Waals surface area contributed by atoms with E-state index < -0.39 is 0 Å². The second-order valence-corrected chi connectivity index (χ2v) is 7.10. The fraction of sp³-hybridized carbons (Fsp3) is 0.600. The number of hydrogen-bond acceptors (Lipinski definition) is 1. The van der Waals surface area contributed by atoms with Gasteiger partial charge in [-0.3, -0.25) is 0 Å². The van der Waals surface area contributed by atoms with Gasteiger partial charge in [-0.25, -0.2) is 0 Å². The van der Waals surface area contributed by atoms with E-state index in [1.165, 1.54) is 44.9 Å². The summed E-state index contributed by atoms with van der Waals surface area (Å²) in [6.45, 7) is 1.16. The maximum Gasteiger partial charge on any atom is 0.00100 e. The first-order valence-electron chi connectivity index (χ1n) is 8.69. The summed E-state index contributed by atoms with van der Waals surface area (Å²) in [5.41, 5.74) is 4.82. The van der Waals surface area contributed by atoms with Crippen molar-refractivity contribution in [1.82, 2.24) is 4.90 Å². The molecule has 0 bridgehead atoms. The van der Waals surface area contributed by atoms with E-state index in [0.29, 0.717) is 0 Å². The molecular formula is C20H29N. The predicted molar refractivity (Wildman–Crippen MR) is 91.4 cm³/mol. The quantitative estimate of drug-likeness (QED) is 0.772. The van der Waals surface area contributed by atoms with E-state index in [4.69, 9.17) is 0 Å². The largest absolute Gasteiger partial charge is 0.309 e. The molecule has 1 aromatic rings. The Hall–Kier alpha value is -1.08. The molecule has 0 radical (unpaired) electrons. The van der Waals surface area contributed by atoms with Crippen molar-refractivity contribution in [3.63, 3.8) is 0 Å². The number of rotatable bonds is 3. The Morgan fingerprint density at radius 1 is 1.10 bits per heavy atom. The summed E-state index contributed by atoms with van der Waals surface area (Å²) in [5, 5.41) is 0. The van der Waals surface area contributed by atoms with Crippen LogP contribution in [0.1, 0.15) is 49.7 Å². The molecule has 1 aromatic carbocycles. The van der Waals surface area contributed by atoms with E-state index in [2.05, 4.69) is 49.3 Å². The highest BCUT2D eigenvalue weighted by atomic mass is 15.0. The highest BCUT2D eigenvalue weighted by molar-refractivity contribution is 5.71. The minimum atomic E-state index is 0.824. The van der Waals surface area contributed by atoms with Gasteiger partial charge in [0.2, 0.25) is 0 Å². The molecule has 0 aliphatic heterocycles. The summed E-state index contributed by atoms with van der Waals surface area (Å²) >= 11 is 0. The van der Waals surface area contributed by atoms with Gasteiger partial charge in [0, 0.05) is 6.54 Å². The molecule has 0 saturated heterocycles. The molecular weight excluding hydrogens is 254 g/mol. The minimum Gasteiger partial charge on any atom is -0.309 e. The summed E-state index contributed by atoms with van der Waals surface area (Å²) in [6, 6.07) is 9.16. The Morgan fingerprint density at radius 2 is 1.90 bits per heavy atom. The summed E-state index contributed by atoms with van der Waals surface area (Å²) in [6.07, 6.45) is 12.1. The molecule has 2 aliphatic carbocycles. The van der Waals surface area contributed by atoms with Gasteiger partial charge in [0.15, 0.2) is 0 Å². The van der Waals surface area contributed by atoms with Gasteiger partial charge in [0.05, 0.1) is 0 Å². The normalized spacial score (nSPS) is 27.3. The lowest BCUT2D eigenvalue weighted by Gasteiger charge is -2.32. The van der Waals surface area contributed by atoms with Crippen LogP contribution in [-0.4, -0.2) is 25.5 Å². The van der Waals surface area contributed by atoms with E-state index in [9.17, 15) is 0 Å². The molecule has 0 aromatic heterocycles. The molecule has 1 fully saturated rings. The van der Waals surface area contributed by atoms with E-state index >= 15 is 0 Å². The van der Waals surface area contributed by atoms with Crippen LogP contribution in [0.5, 0.6) is 0 Å². The number of fused-ring (bicyclic) bond motifs is 2. The topological polar surface area (TPSA) is 3.24 Å². The third-order valence-corrected chi connectivity index (χ3v) is 5.36. The average Bonchev–Trinajstić information content (AvgIpc) is 2.65. The van der Waals surface area contributed by atoms with E-state index in [1.54, 1.807) is 16.7 Å². The van der Waals surface area contributed by atoms with E-state index in [-0.39, 0.29) is 0 Å². The third-order valence-electron chi connectivity index (χ3n) is 5.36. The molecule has 0 amide bonds. The van der Waals surface area contributed by atoms with Crippen molar-refractivity contribution < 1.29 is 0 Å². The van der Waals surface area contributed by atoms with Crippen LogP contribution in [0.3, 0.4) is 0 Å². The van der Waals surface area contributed by atoms with Crippen molar-refractivity contribution in [2.45, 2.75) is 44.9 Å². The van der Waals surface area contributed by atoms with Crippen LogP contribution in [0, 0.1) is 11.8 Å². The fourth-order valence-electron chi connectivity index (χ4n) is 4.26. The number of allylic oxidation sites excluding steroid dienone is 1. The number of hydrogen-bond donors (Lipinski definition) is 0. The van der Waals surface area contributed by atoms with Gasteiger partial charge in [-0.05, 0) is 74.7 Å². The molecule has 0 unspecified atom stereocenters.